The molecule has 0 radical (unpaired) electrons. The summed E-state index contributed by atoms with van der Waals surface area (Å²) in [6, 6.07) is 0. The van der Waals surface area contributed by atoms with Gasteiger partial charge in [-0.05, 0) is 0 Å². The second-order valence-electron chi connectivity index (χ2n) is 2.54. The minimum Gasteiger partial charge on any atom is -0.450 e. The number of hydrogen-bond donors (Lipinski definition) is 18. The molecule has 0 saturated carbocycles. The second kappa shape index (κ2) is 705. The summed E-state index contributed by atoms with van der Waals surface area (Å²) in [6.07, 6.45) is -16.5. The molecule has 18 N–H and O–H groups in total. The molecular formula is C9H18Mg78O27+156. The topological polar surface area (TPSA) is 518 Å². The molecule has 216 valence electrons. The summed E-state index contributed by atoms with van der Waals surface area (Å²) < 4.78 is 0. The molecule has 0 unspecified atom stereocenters. The van der Waals surface area contributed by atoms with Gasteiger partial charge < -0.3 is 91.9 Å². The van der Waals surface area contributed by atoms with Crippen LogP contribution in [0, 0.1) is 0 Å². The normalized spacial score (nSPS) is 1.89. The summed E-state index contributed by atoms with van der Waals surface area (Å²) in [5.74, 6) is 0. The summed E-state index contributed by atoms with van der Waals surface area (Å²) in [5.41, 5.74) is 0. The third-order valence-electron chi connectivity index (χ3n) is 0. The predicted octanol–water partition coefficient (Wildman–Crippen LogP) is -27.7. The summed E-state index contributed by atoms with van der Waals surface area (Å²) in [6.45, 7) is 0. The first-order valence-electron chi connectivity index (χ1n) is 5.86. The molecule has 0 aromatic heterocycles. The van der Waals surface area contributed by atoms with E-state index in [1.165, 1.54) is 0 Å². The minimum absolute atomic E-state index is 0. The average Bonchev–Trinajstić information content (AvgIpc) is 2.39. The molecule has 27 nitrogen and oxygen atoms in total. The van der Waals surface area contributed by atoms with Crippen LogP contribution in [-0.4, -0.2) is 1950 Å². The molecule has 0 aromatic rings. The van der Waals surface area contributed by atoms with Crippen molar-refractivity contribution in [3.63, 3.8) is 0 Å². The second-order valence-corrected chi connectivity index (χ2v) is 2.54. The van der Waals surface area contributed by atoms with Crippen molar-refractivity contribution >= 4 is 1850 Å². The summed E-state index contributed by atoms with van der Waals surface area (Å²) in [4.78, 5) is 77.0. The average molecular weight is 2450 g/mol. The van der Waals surface area contributed by atoms with Crippen LogP contribution in [0.4, 0.5) is 43.2 Å². The van der Waals surface area contributed by atoms with Crippen molar-refractivity contribution in [2.24, 2.45) is 0 Å². The van der Waals surface area contributed by atoms with Gasteiger partial charge in [-0.2, -0.15) is 0 Å². The molecule has 0 bridgehead atoms. The van der Waals surface area contributed by atoms with E-state index in [0.29, 0.717) is 0 Å². The monoisotopic (exact) mass is 2430 g/mol. The van der Waals surface area contributed by atoms with E-state index in [0.717, 1.165) is 0 Å². The van der Waals surface area contributed by atoms with Crippen LogP contribution in [0.15, 0.2) is 0 Å². The van der Waals surface area contributed by atoms with Gasteiger partial charge in [0.2, 0.25) is 0 Å². The van der Waals surface area contributed by atoms with Gasteiger partial charge in [-0.15, -0.1) is 0 Å². The first-order chi connectivity index (χ1) is 15.6. The van der Waals surface area contributed by atoms with Crippen LogP contribution in [0.1, 0.15) is 0 Å². The minimum atomic E-state index is -1.83. The molecule has 0 rings (SSSR count). The van der Waals surface area contributed by atoms with Gasteiger partial charge in [0.25, 0.3) is 0 Å². The number of carbonyl (C=O) groups is 9. The first-order valence-corrected chi connectivity index (χ1v) is 5.86. The van der Waals surface area contributed by atoms with Crippen LogP contribution in [0.5, 0.6) is 0 Å². The van der Waals surface area contributed by atoms with Crippen LogP contribution >= 0.6 is 0 Å². The van der Waals surface area contributed by atoms with Crippen molar-refractivity contribution in [3.8, 4) is 0 Å². The maximum Gasteiger partial charge on any atom is 2.00 e. The van der Waals surface area contributed by atoms with Crippen LogP contribution in [-0.2, 0) is 0 Å². The zero-order valence-electron chi connectivity index (χ0n) is 71.4. The van der Waals surface area contributed by atoms with Crippen molar-refractivity contribution in [1.29, 1.82) is 0 Å². The molecule has 0 saturated heterocycles. The van der Waals surface area contributed by atoms with E-state index in [1.807, 2.05) is 0 Å². The number of rotatable bonds is 0. The number of carboxylic acid groups (broad SMARTS) is 18. The summed E-state index contributed by atoms with van der Waals surface area (Å²) in [5, 5.41) is 126. The molecule has 0 atom stereocenters. The summed E-state index contributed by atoms with van der Waals surface area (Å²) in [7, 11) is 0. The maximum atomic E-state index is 8.56. The Labute approximate surface area is 1930 Å². The molecule has 114 heavy (non-hydrogen) atoms. The van der Waals surface area contributed by atoms with Crippen molar-refractivity contribution in [2.75, 3.05) is 0 Å². The molecule has 105 heteroatoms. The van der Waals surface area contributed by atoms with Crippen LogP contribution in [0.25, 0.3) is 0 Å². The predicted molar refractivity (Wildman–Crippen MR) is 545 cm³/mol. The Morgan fingerprint density at radius 1 is 0.0614 bits per heavy atom. The van der Waals surface area contributed by atoms with Gasteiger partial charge in [-0.1, -0.05) is 0 Å². The van der Waals surface area contributed by atoms with E-state index < -0.39 is 55.4 Å². The Morgan fingerprint density at radius 2 is 0.0614 bits per heavy atom. The van der Waals surface area contributed by atoms with Crippen LogP contribution in [0.2, 0.25) is 0 Å². The van der Waals surface area contributed by atoms with E-state index in [4.69, 9.17) is 135 Å². The smallest absolute Gasteiger partial charge is 0.450 e. The Balaban J connectivity index is -0.000000000780. The molecule has 0 aliphatic heterocycles. The fraction of sp³-hybridized carbons (Fsp3) is 0. The quantitative estimate of drug-likeness (QED) is 0.100. The molecule has 0 aliphatic carbocycles. The first kappa shape index (κ1) is 718. The molecular weight excluding hydrogens is 2440 g/mol. The van der Waals surface area contributed by atoms with E-state index in [2.05, 4.69) is 0 Å². The van der Waals surface area contributed by atoms with Crippen LogP contribution < -0.4 is 0 Å². The largest absolute Gasteiger partial charge is 2.00 e. The van der Waals surface area contributed by atoms with Crippen molar-refractivity contribution in [1.82, 2.24) is 0 Å². The SMILES string of the molecule is O=C(O)O.O=C(O)O.O=C(O)O.O=C(O)O.O=C(O)O.O=C(O)O.O=C(O)O.O=C(O)O.O=C(O)O.[Mg+2].[Mg+2].[Mg+2].[Mg+2].[Mg+2].[Mg+2].[Mg+2].[Mg+2].[Mg+2].[Mg+2].[Mg+2].[Mg+2].[Mg+2].[Mg+2].[Mg+2].[Mg+2].[Mg+2].[Mg+2].[Mg+2].[Mg+2].[Mg+2].[Mg+2].[Mg+2].[Mg+2].[Mg+2].[Mg+2].[Mg+2].[Mg+2].[Mg+2].[Mg+2].[Mg+2].[Mg+2].[Mg+2].[Mg+2].[Mg+2].[Mg+2].[Mg+2].[Mg+2].[Mg+2].[Mg+2].[Mg+2].[Mg+2].[Mg+2].[Mg+2].[Mg+2].[Mg+2].[Mg+2].[Mg+2].[Mg+2].[Mg+2].[Mg+2].[Mg+2].[Mg+2].[Mg+2].[Mg+2].[Mg+2].[Mg+2].[Mg+2].[Mg+2].[Mg+2].[Mg+2].[Mg+2].[Mg+2].[Mg+2].[Mg+2].[Mg+2].[Mg+2].[Mg+2].[Mg+2].[Mg+2].[Mg+2].[Mg+2].[Mg+2].[Mg+2].[Mg+2].[Mg+2].[Mg+2].[Mg+2]. The Hall–Kier alpha value is 53.2. The maximum absolute atomic E-state index is 8.56. The van der Waals surface area contributed by atoms with E-state index in [9.17, 15) is 0 Å². The van der Waals surface area contributed by atoms with Crippen molar-refractivity contribution < 1.29 is 135 Å². The third kappa shape index (κ3) is 1570. The fourth-order valence-corrected chi connectivity index (χ4v) is 0. The van der Waals surface area contributed by atoms with Crippen molar-refractivity contribution in [3.05, 3.63) is 0 Å². The Bertz CT molecular complexity index is 510. The number of hydrogen-bond acceptors (Lipinski definition) is 9. The molecule has 0 fully saturated rings. The fourth-order valence-electron chi connectivity index (χ4n) is 0. The van der Waals surface area contributed by atoms with Gasteiger partial charge >= 0.3 is 1850 Å². The standard InChI is InChI=1S/9CH2O3.78Mg/c9*2-1(3)4;;;;;;;;;;;;;;;;;;;;;;;;;;;;;;;;;;;;;;;;;;;;;;;;;;;;;;;;;;;;;;;;;;;;;;;;;;;;;;/h9*(H2,2,3,4);;;;;;;;;;;;;;;;;;;;;;;;;;;;;;;;;;;;;;;;;;;;;;;;;;;;;;;;;;;;;;;;;;;;;;;;;;;;;;/q;;;;;;;;;78*+2. The zero-order chi connectivity index (χ0) is 32.2. The van der Waals surface area contributed by atoms with E-state index in [1.54, 1.807) is 0 Å². The molecule has 0 aliphatic rings. The van der Waals surface area contributed by atoms with E-state index >= 15 is 0 Å². The third-order valence-corrected chi connectivity index (χ3v) is 0. The van der Waals surface area contributed by atoms with Gasteiger partial charge in [0.15, 0.2) is 0 Å². The van der Waals surface area contributed by atoms with Gasteiger partial charge in [0.05, 0.1) is 0 Å². The summed E-state index contributed by atoms with van der Waals surface area (Å²) >= 11 is 0. The molecule has 0 heterocycles. The molecule has 0 aromatic carbocycles. The van der Waals surface area contributed by atoms with Gasteiger partial charge in [0, 0.05) is 0 Å². The zero-order valence-corrected chi connectivity index (χ0v) is 182. The Morgan fingerprint density at radius 3 is 0.0614 bits per heavy atom. The van der Waals surface area contributed by atoms with Gasteiger partial charge in [-0.25, -0.2) is 43.2 Å². The van der Waals surface area contributed by atoms with Crippen molar-refractivity contribution in [2.45, 2.75) is 0 Å². The molecule has 0 amide bonds. The van der Waals surface area contributed by atoms with Gasteiger partial charge in [-0.3, -0.25) is 0 Å². The van der Waals surface area contributed by atoms with E-state index in [-0.39, 0.29) is 1800 Å². The Kier molecular flexibility index (Phi) is 4440. The van der Waals surface area contributed by atoms with Gasteiger partial charge in [0.1, 0.15) is 0 Å². The van der Waals surface area contributed by atoms with Crippen LogP contribution in [0.3, 0.4) is 0 Å². The molecule has 0 spiro atoms.